The molecule has 0 saturated carbocycles. The van der Waals surface area contributed by atoms with Crippen LogP contribution in [0, 0.1) is 6.92 Å². The number of para-hydroxylation sites is 1. The van der Waals surface area contributed by atoms with E-state index in [-0.39, 0.29) is 11.2 Å². The molecule has 1 aliphatic heterocycles. The lowest BCUT2D eigenvalue weighted by Crippen LogP contribution is -2.45. The van der Waals surface area contributed by atoms with Gasteiger partial charge in [-0.3, -0.25) is 9.59 Å². The molecule has 0 saturated heterocycles. The Morgan fingerprint density at radius 3 is 2.49 bits per heavy atom. The summed E-state index contributed by atoms with van der Waals surface area (Å²) < 4.78 is 11.0. The average Bonchev–Trinajstić information content (AvgIpc) is 3.00. The zero-order valence-electron chi connectivity index (χ0n) is 21.8. The van der Waals surface area contributed by atoms with E-state index >= 15 is 0 Å². The van der Waals surface area contributed by atoms with Crippen molar-refractivity contribution in [2.24, 2.45) is 0 Å². The number of carbonyl (C=O) groups is 2. The fraction of sp³-hybridized carbons (Fsp3) is 0.333. The number of benzene rings is 3. The van der Waals surface area contributed by atoms with E-state index in [1.807, 2.05) is 48.5 Å². The van der Waals surface area contributed by atoms with Gasteiger partial charge in [0.15, 0.2) is 6.10 Å². The lowest BCUT2D eigenvalue weighted by atomic mass is 10.1. The van der Waals surface area contributed by atoms with Crippen molar-refractivity contribution in [1.82, 2.24) is 4.90 Å². The molecule has 194 valence electrons. The number of thioether (sulfide) groups is 1. The van der Waals surface area contributed by atoms with Crippen molar-refractivity contribution in [3.05, 3.63) is 89.5 Å². The van der Waals surface area contributed by atoms with Gasteiger partial charge in [-0.25, -0.2) is 0 Å². The normalized spacial score (nSPS) is 17.3. The highest BCUT2D eigenvalue weighted by Crippen LogP contribution is 2.46. The molecule has 7 heteroatoms. The van der Waals surface area contributed by atoms with E-state index in [9.17, 15) is 9.59 Å². The predicted octanol–water partition coefficient (Wildman–Crippen LogP) is 5.29. The monoisotopic (exact) mass is 518 g/mol. The highest BCUT2D eigenvalue weighted by molar-refractivity contribution is 7.99. The summed E-state index contributed by atoms with van der Waals surface area (Å²) in [5, 5.41) is -0.382. The second-order valence-electron chi connectivity index (χ2n) is 9.34. The molecule has 1 amide bonds. The molecule has 0 fully saturated rings. The zero-order chi connectivity index (χ0) is 26.4. The largest absolute Gasteiger partial charge is 0.497 e. The van der Waals surface area contributed by atoms with Gasteiger partial charge in [0, 0.05) is 31.5 Å². The minimum absolute atomic E-state index is 0.208. The number of hydrogen-bond donors (Lipinski definition) is 0. The molecule has 2 atom stereocenters. The Bertz CT molecular complexity index is 1230. The van der Waals surface area contributed by atoms with Crippen LogP contribution in [0.4, 0.5) is 5.69 Å². The van der Waals surface area contributed by atoms with Gasteiger partial charge in [0.25, 0.3) is 5.91 Å². The average molecular weight is 519 g/mol. The van der Waals surface area contributed by atoms with E-state index in [0.717, 1.165) is 34.9 Å². The van der Waals surface area contributed by atoms with Gasteiger partial charge in [0.1, 0.15) is 5.75 Å². The molecule has 0 aliphatic carbocycles. The molecule has 1 aliphatic rings. The molecular formula is C30H34N2O4S. The number of likely N-dealkylation sites (N-methyl/N-ethyl adjacent to an activating group) is 1. The quantitative estimate of drug-likeness (QED) is 0.359. The molecular weight excluding hydrogens is 484 g/mol. The Hall–Kier alpha value is -3.29. The Morgan fingerprint density at radius 1 is 1.03 bits per heavy atom. The highest BCUT2D eigenvalue weighted by atomic mass is 32.2. The van der Waals surface area contributed by atoms with E-state index in [2.05, 4.69) is 43.1 Å². The Morgan fingerprint density at radius 2 is 1.78 bits per heavy atom. The van der Waals surface area contributed by atoms with Gasteiger partial charge in [-0.1, -0.05) is 54.1 Å². The molecule has 0 aromatic heterocycles. The Labute approximate surface area is 223 Å². The second-order valence-corrected chi connectivity index (χ2v) is 10.5. The number of esters is 1. The van der Waals surface area contributed by atoms with Crippen molar-refractivity contribution in [1.29, 1.82) is 0 Å². The van der Waals surface area contributed by atoms with Crippen molar-refractivity contribution in [3.8, 4) is 5.75 Å². The minimum Gasteiger partial charge on any atom is -0.497 e. The summed E-state index contributed by atoms with van der Waals surface area (Å²) >= 11 is 1.55. The maximum atomic E-state index is 14.0. The SMILES string of the molecule is COc1ccc(C2Sc3ccccc3N(CCN(C)CCc3cccc(C)c3)C(=O)C2OC(C)=O)cc1. The van der Waals surface area contributed by atoms with Crippen molar-refractivity contribution in [2.75, 3.05) is 38.7 Å². The van der Waals surface area contributed by atoms with Crippen LogP contribution in [0.1, 0.15) is 28.9 Å². The van der Waals surface area contributed by atoms with Gasteiger partial charge >= 0.3 is 5.97 Å². The topological polar surface area (TPSA) is 59.1 Å². The molecule has 0 bridgehead atoms. The fourth-order valence-corrected chi connectivity index (χ4v) is 5.83. The van der Waals surface area contributed by atoms with Gasteiger partial charge in [-0.2, -0.15) is 0 Å². The third kappa shape index (κ3) is 6.73. The summed E-state index contributed by atoms with van der Waals surface area (Å²) in [6.45, 7) is 5.52. The third-order valence-electron chi connectivity index (χ3n) is 6.50. The van der Waals surface area contributed by atoms with Crippen molar-refractivity contribution in [3.63, 3.8) is 0 Å². The first kappa shape index (κ1) is 26.8. The Balaban J connectivity index is 1.56. The van der Waals surface area contributed by atoms with Crippen LogP contribution >= 0.6 is 11.8 Å². The maximum absolute atomic E-state index is 14.0. The van der Waals surface area contributed by atoms with Crippen molar-refractivity contribution < 1.29 is 19.1 Å². The predicted molar refractivity (Wildman–Crippen MR) is 148 cm³/mol. The first-order valence-corrected chi connectivity index (χ1v) is 13.4. The molecule has 0 N–H and O–H groups in total. The molecule has 1 heterocycles. The van der Waals surface area contributed by atoms with E-state index in [1.54, 1.807) is 23.8 Å². The molecule has 0 spiro atoms. The molecule has 4 rings (SSSR count). The second kappa shape index (κ2) is 12.3. The van der Waals surface area contributed by atoms with Crippen LogP contribution in [-0.4, -0.2) is 56.7 Å². The van der Waals surface area contributed by atoms with Crippen LogP contribution in [0.15, 0.2) is 77.7 Å². The lowest BCUT2D eigenvalue weighted by molar-refractivity contribution is -0.152. The molecule has 37 heavy (non-hydrogen) atoms. The van der Waals surface area contributed by atoms with E-state index in [0.29, 0.717) is 13.1 Å². The van der Waals surface area contributed by atoms with Crippen LogP contribution in [0.2, 0.25) is 0 Å². The molecule has 6 nitrogen and oxygen atoms in total. The van der Waals surface area contributed by atoms with E-state index < -0.39 is 12.1 Å². The number of fused-ring (bicyclic) bond motifs is 1. The van der Waals surface area contributed by atoms with Crippen molar-refractivity contribution >= 4 is 29.3 Å². The van der Waals surface area contributed by atoms with E-state index in [1.165, 1.54) is 18.1 Å². The smallest absolute Gasteiger partial charge is 0.303 e. The summed E-state index contributed by atoms with van der Waals surface area (Å²) in [6.07, 6.45) is -0.00494. The summed E-state index contributed by atoms with van der Waals surface area (Å²) in [5.74, 6) is 0.0488. The fourth-order valence-electron chi connectivity index (χ4n) is 4.51. The Kier molecular flexibility index (Phi) is 8.90. The van der Waals surface area contributed by atoms with Crippen LogP contribution in [0.5, 0.6) is 5.75 Å². The molecule has 3 aromatic rings. The van der Waals surface area contributed by atoms with Crippen molar-refractivity contribution in [2.45, 2.75) is 36.5 Å². The van der Waals surface area contributed by atoms with Crippen LogP contribution in [-0.2, 0) is 20.7 Å². The lowest BCUT2D eigenvalue weighted by Gasteiger charge is -2.29. The number of ether oxygens (including phenoxy) is 2. The maximum Gasteiger partial charge on any atom is 0.303 e. The number of anilines is 1. The van der Waals surface area contributed by atoms with Gasteiger partial charge in [0.05, 0.1) is 18.0 Å². The zero-order valence-corrected chi connectivity index (χ0v) is 22.7. The van der Waals surface area contributed by atoms with Crippen LogP contribution in [0.3, 0.4) is 0 Å². The molecule has 2 unspecified atom stereocenters. The number of hydrogen-bond acceptors (Lipinski definition) is 6. The summed E-state index contributed by atoms with van der Waals surface area (Å²) in [4.78, 5) is 31.1. The minimum atomic E-state index is -0.944. The number of amides is 1. The van der Waals surface area contributed by atoms with Gasteiger partial charge in [-0.05, 0) is 55.8 Å². The highest BCUT2D eigenvalue weighted by Gasteiger charge is 2.40. The number of rotatable bonds is 9. The van der Waals surface area contributed by atoms with E-state index in [4.69, 9.17) is 9.47 Å². The first-order chi connectivity index (χ1) is 17.9. The molecule has 0 radical (unpaired) electrons. The molecule has 3 aromatic carbocycles. The number of aryl methyl sites for hydroxylation is 1. The summed E-state index contributed by atoms with van der Waals surface area (Å²) in [7, 11) is 3.69. The van der Waals surface area contributed by atoms with Crippen LogP contribution in [0.25, 0.3) is 0 Å². The van der Waals surface area contributed by atoms with Gasteiger partial charge in [0.2, 0.25) is 0 Å². The summed E-state index contributed by atoms with van der Waals surface area (Å²) in [5.41, 5.74) is 4.30. The first-order valence-electron chi connectivity index (χ1n) is 12.5. The number of methoxy groups -OCH3 is 1. The summed E-state index contributed by atoms with van der Waals surface area (Å²) in [6, 6.07) is 24.0. The number of nitrogens with zero attached hydrogens (tertiary/aromatic N) is 2. The van der Waals surface area contributed by atoms with Gasteiger partial charge in [-0.15, -0.1) is 11.8 Å². The van der Waals surface area contributed by atoms with Gasteiger partial charge < -0.3 is 19.3 Å². The standard InChI is InChI=1S/C30H34N2O4S/c1-21-8-7-9-23(20-21)16-17-31(3)18-19-32-26-10-5-6-11-27(26)37-29(28(30(32)34)36-22(2)33)24-12-14-25(35-4)15-13-24/h5-15,20,28-29H,16-19H2,1-4H3. The number of carbonyl (C=O) groups excluding carboxylic acids is 2. The third-order valence-corrected chi connectivity index (χ3v) is 7.87. The van der Waals surface area contributed by atoms with Crippen LogP contribution < -0.4 is 9.64 Å².